The lowest BCUT2D eigenvalue weighted by Gasteiger charge is -2.40. The highest BCUT2D eigenvalue weighted by atomic mass is 32.1. The van der Waals surface area contributed by atoms with Gasteiger partial charge in [0.1, 0.15) is 34.8 Å². The number of rotatable bonds is 32. The first kappa shape index (κ1) is 63.3. The summed E-state index contributed by atoms with van der Waals surface area (Å²) < 4.78 is 23.1. The smallest absolute Gasteiger partial charge is 0.407 e. The van der Waals surface area contributed by atoms with Gasteiger partial charge in [-0.2, -0.15) is 0 Å². The molecule has 4 rings (SSSR count). The van der Waals surface area contributed by atoms with Crippen LogP contribution in [0.2, 0.25) is 0 Å². The summed E-state index contributed by atoms with van der Waals surface area (Å²) in [5.74, 6) is -1.49. The monoisotopic (exact) mass is 1070 g/mol. The van der Waals surface area contributed by atoms with E-state index in [0.717, 1.165) is 62.6 Å². The van der Waals surface area contributed by atoms with Gasteiger partial charge in [-0.25, -0.2) is 9.78 Å². The number of carbonyl (C=O) groups is 6. The van der Waals surface area contributed by atoms with Gasteiger partial charge in [-0.05, 0) is 121 Å². The molecule has 422 valence electrons. The molecule has 16 heteroatoms. The number of ketones is 1. The standard InChI is InChI=1S/C60H91N5O10S/c1-12-32-65(57(69)48(42(6)14-3)37-52(66)50-25-20-22-33-64(50)11)51(41(4)5)38-53(72-34-13-2)56-63-49(40-76-56)55(68)62-46(35-43(7)58(70)73-39-45-23-17-15-18-24-45)36-44-27-29-47(30-28-44)74-54(67)26-19-16-21-31-61-59(71)75-60(8,9)10/h15,17-18,23-24,27-30,40-43,46,48,50-51,53H,12-14,16,19-22,25-26,31-39H2,1-11H3,(H,61,71)(H,62,68)/t42-,43-,46+,48-,50+,51+,53+/m0/s1. The Morgan fingerprint density at radius 2 is 1.61 bits per heavy atom. The van der Waals surface area contributed by atoms with Crippen molar-refractivity contribution < 1.29 is 47.7 Å². The minimum Gasteiger partial charge on any atom is -0.461 e. The predicted octanol–water partition coefficient (Wildman–Crippen LogP) is 11.5. The molecular weight excluding hydrogens is 983 g/mol. The summed E-state index contributed by atoms with van der Waals surface area (Å²) >= 11 is 1.35. The zero-order valence-corrected chi connectivity index (χ0v) is 48.5. The third kappa shape index (κ3) is 21.7. The molecule has 3 aromatic rings. The van der Waals surface area contributed by atoms with E-state index < -0.39 is 41.6 Å². The molecule has 1 aliphatic rings. The Bertz CT molecular complexity index is 2250. The molecule has 2 heterocycles. The van der Waals surface area contributed by atoms with E-state index >= 15 is 0 Å². The lowest BCUT2D eigenvalue weighted by molar-refractivity contribution is -0.149. The van der Waals surface area contributed by atoms with E-state index in [1.54, 1.807) is 24.4 Å². The molecule has 0 saturated carbocycles. The lowest BCUT2D eigenvalue weighted by Crippen LogP contribution is -2.50. The molecule has 2 aromatic carbocycles. The van der Waals surface area contributed by atoms with E-state index in [0.29, 0.717) is 56.1 Å². The van der Waals surface area contributed by atoms with Crippen molar-refractivity contribution in [1.29, 1.82) is 0 Å². The van der Waals surface area contributed by atoms with Gasteiger partial charge in [0.25, 0.3) is 5.91 Å². The number of nitrogens with zero attached hydrogens (tertiary/aromatic N) is 3. The molecule has 0 unspecified atom stereocenters. The van der Waals surface area contributed by atoms with Gasteiger partial charge in [0, 0.05) is 62.3 Å². The Hall–Kier alpha value is -5.19. The number of likely N-dealkylation sites (tertiary alicyclic amines) is 1. The molecule has 1 fully saturated rings. The Morgan fingerprint density at radius 1 is 0.882 bits per heavy atom. The zero-order chi connectivity index (χ0) is 55.8. The number of carbonyl (C=O) groups excluding carboxylic acids is 6. The fourth-order valence-corrected chi connectivity index (χ4v) is 10.5. The summed E-state index contributed by atoms with van der Waals surface area (Å²) in [6, 6.07) is 15.7. The van der Waals surface area contributed by atoms with E-state index in [1.165, 1.54) is 11.3 Å². The minimum absolute atomic E-state index is 0.0182. The molecule has 1 saturated heterocycles. The number of esters is 2. The second kappa shape index (κ2) is 32.5. The molecule has 1 aromatic heterocycles. The molecule has 1 aliphatic heterocycles. The van der Waals surface area contributed by atoms with Crippen LogP contribution in [0.1, 0.15) is 185 Å². The van der Waals surface area contributed by atoms with Crippen molar-refractivity contribution in [1.82, 2.24) is 25.4 Å². The van der Waals surface area contributed by atoms with Crippen molar-refractivity contribution in [3.05, 3.63) is 81.8 Å². The summed E-state index contributed by atoms with van der Waals surface area (Å²) in [4.78, 5) is 90.1. The lowest BCUT2D eigenvalue weighted by atomic mass is 9.82. The predicted molar refractivity (Wildman–Crippen MR) is 299 cm³/mol. The number of amides is 3. The van der Waals surface area contributed by atoms with Crippen molar-refractivity contribution in [3.63, 3.8) is 0 Å². The van der Waals surface area contributed by atoms with Crippen molar-refractivity contribution in [2.45, 2.75) is 196 Å². The quantitative estimate of drug-likeness (QED) is 0.0343. The number of hydrogen-bond donors (Lipinski definition) is 2. The van der Waals surface area contributed by atoms with Crippen LogP contribution in [0.25, 0.3) is 0 Å². The van der Waals surface area contributed by atoms with E-state index in [1.807, 2.05) is 82.1 Å². The van der Waals surface area contributed by atoms with Crippen molar-refractivity contribution >= 4 is 47.0 Å². The van der Waals surface area contributed by atoms with Crippen LogP contribution in [-0.2, 0) is 46.4 Å². The first-order valence-corrected chi connectivity index (χ1v) is 29.0. The van der Waals surface area contributed by atoms with Crippen LogP contribution in [0.15, 0.2) is 60.0 Å². The molecule has 0 spiro atoms. The Balaban J connectivity index is 1.49. The largest absolute Gasteiger partial charge is 0.461 e. The fourth-order valence-electron chi connectivity index (χ4n) is 9.65. The SMILES string of the molecule is CCCO[C@H](C[C@H](C(C)C)N(CCC)C(=O)[C@@H](CC(=O)[C@H]1CCCCN1C)[C@@H](C)CC)c1nc(C(=O)N[C@@H](Cc2ccc(OC(=O)CCCCCNC(=O)OC(C)(C)C)cc2)C[C@H](C)C(=O)OCc2ccccc2)cs1. The Kier molecular flexibility index (Phi) is 27.1. The first-order chi connectivity index (χ1) is 36.2. The highest BCUT2D eigenvalue weighted by molar-refractivity contribution is 7.09. The van der Waals surface area contributed by atoms with Crippen LogP contribution >= 0.6 is 11.3 Å². The number of aromatic nitrogens is 1. The average Bonchev–Trinajstić information content (AvgIpc) is 3.88. The molecule has 0 aliphatic carbocycles. The van der Waals surface area contributed by atoms with Crippen LogP contribution in [0.4, 0.5) is 4.79 Å². The normalized spacial score (nSPS) is 16.4. The molecular formula is C60H91N5O10S. The van der Waals surface area contributed by atoms with Crippen molar-refractivity contribution in [3.8, 4) is 5.75 Å². The third-order valence-corrected chi connectivity index (χ3v) is 15.0. The summed E-state index contributed by atoms with van der Waals surface area (Å²) in [7, 11) is 2.02. The number of Topliss-reactive ketones (excluding diaryl/α,β-unsaturated/α-hetero) is 1. The van der Waals surface area contributed by atoms with Crippen LogP contribution in [0.3, 0.4) is 0 Å². The zero-order valence-electron chi connectivity index (χ0n) is 47.7. The molecule has 2 N–H and O–H groups in total. The number of piperidine rings is 1. The van der Waals surface area contributed by atoms with Gasteiger partial charge in [-0.3, -0.25) is 28.9 Å². The maximum Gasteiger partial charge on any atom is 0.407 e. The molecule has 7 atom stereocenters. The molecule has 15 nitrogen and oxygen atoms in total. The van der Waals surface area contributed by atoms with Crippen LogP contribution in [0, 0.1) is 23.7 Å². The highest BCUT2D eigenvalue weighted by Gasteiger charge is 2.38. The summed E-state index contributed by atoms with van der Waals surface area (Å²) in [6.07, 6.45) is 7.86. The number of alkyl carbamates (subject to hydrolysis) is 1. The maximum atomic E-state index is 14.9. The van der Waals surface area contributed by atoms with Gasteiger partial charge in [0.15, 0.2) is 5.78 Å². The van der Waals surface area contributed by atoms with E-state index in [-0.39, 0.29) is 79.1 Å². The Morgan fingerprint density at radius 3 is 2.25 bits per heavy atom. The number of likely N-dealkylation sites (N-methyl/N-ethyl adjacent to an activating group) is 1. The average molecular weight is 1070 g/mol. The van der Waals surface area contributed by atoms with Gasteiger partial charge in [-0.1, -0.05) is 110 Å². The number of hydrogen-bond acceptors (Lipinski definition) is 13. The molecule has 3 amide bonds. The van der Waals surface area contributed by atoms with Gasteiger partial charge in [0.2, 0.25) is 5.91 Å². The van der Waals surface area contributed by atoms with Crippen molar-refractivity contribution in [2.75, 3.05) is 33.3 Å². The number of benzene rings is 2. The van der Waals surface area contributed by atoms with Gasteiger partial charge in [-0.15, -0.1) is 11.3 Å². The van der Waals surface area contributed by atoms with E-state index in [4.69, 9.17) is 23.9 Å². The number of ether oxygens (including phenoxy) is 4. The van der Waals surface area contributed by atoms with Crippen LogP contribution in [-0.4, -0.2) is 107 Å². The number of nitrogens with one attached hydrogen (secondary N) is 2. The summed E-state index contributed by atoms with van der Waals surface area (Å²) in [5.41, 5.74) is 1.38. The molecule has 76 heavy (non-hydrogen) atoms. The first-order valence-electron chi connectivity index (χ1n) is 28.1. The highest BCUT2D eigenvalue weighted by Crippen LogP contribution is 2.34. The second-order valence-corrected chi connectivity index (χ2v) is 23.0. The molecule has 0 radical (unpaired) electrons. The van der Waals surface area contributed by atoms with Gasteiger partial charge < -0.3 is 34.5 Å². The summed E-state index contributed by atoms with van der Waals surface area (Å²) in [5, 5.41) is 8.27. The Labute approximate surface area is 458 Å². The fraction of sp³-hybridized carbons (Fsp3) is 0.650. The van der Waals surface area contributed by atoms with Gasteiger partial charge >= 0.3 is 18.0 Å². The van der Waals surface area contributed by atoms with Crippen LogP contribution in [0.5, 0.6) is 5.75 Å². The van der Waals surface area contributed by atoms with Crippen LogP contribution < -0.4 is 15.4 Å². The maximum absolute atomic E-state index is 14.9. The number of unbranched alkanes of at least 4 members (excludes halogenated alkanes) is 2. The molecule has 0 bridgehead atoms. The van der Waals surface area contributed by atoms with E-state index in [9.17, 15) is 28.8 Å². The number of thiazole rings is 1. The minimum atomic E-state index is -0.569. The second-order valence-electron chi connectivity index (χ2n) is 22.1. The van der Waals surface area contributed by atoms with Gasteiger partial charge in [0.05, 0.1) is 12.0 Å². The summed E-state index contributed by atoms with van der Waals surface area (Å²) in [6.45, 7) is 22.2. The van der Waals surface area contributed by atoms with Crippen molar-refractivity contribution in [2.24, 2.45) is 23.7 Å². The topological polar surface area (TPSA) is 183 Å². The van der Waals surface area contributed by atoms with E-state index in [2.05, 4.69) is 50.2 Å². The third-order valence-electron chi connectivity index (χ3n) is 14.1.